The Kier molecular flexibility index (Phi) is 5.74. The second kappa shape index (κ2) is 8.01. The van der Waals surface area contributed by atoms with Crippen molar-refractivity contribution >= 4 is 23.2 Å². The Morgan fingerprint density at radius 3 is 2.42 bits per heavy atom. The number of carbonyl (C=O) groups is 2. The minimum Gasteiger partial charge on any atom is -0.375 e. The Morgan fingerprint density at radius 2 is 1.88 bits per heavy atom. The van der Waals surface area contributed by atoms with Gasteiger partial charge in [-0.25, -0.2) is 0 Å². The van der Waals surface area contributed by atoms with Crippen LogP contribution in [0.15, 0.2) is 41.8 Å². The lowest BCUT2D eigenvalue weighted by Crippen LogP contribution is -2.50. The molecule has 1 aromatic heterocycles. The van der Waals surface area contributed by atoms with E-state index in [9.17, 15) is 9.59 Å². The van der Waals surface area contributed by atoms with Crippen LogP contribution in [0.4, 0.5) is 0 Å². The molecule has 1 aliphatic rings. The Morgan fingerprint density at radius 1 is 1.19 bits per heavy atom. The van der Waals surface area contributed by atoms with E-state index in [0.29, 0.717) is 32.4 Å². The molecule has 138 valence electrons. The average Bonchev–Trinajstić information content (AvgIpc) is 3.17. The number of nitrogens with two attached hydrogens (primary N) is 1. The first-order chi connectivity index (χ1) is 12.5. The number of nitrogens with zero attached hydrogens (tertiary/aromatic N) is 1. The maximum absolute atomic E-state index is 12.2. The van der Waals surface area contributed by atoms with Gasteiger partial charge in [0.15, 0.2) is 0 Å². The fourth-order valence-corrected chi connectivity index (χ4v) is 4.26. The highest BCUT2D eigenvalue weighted by Crippen LogP contribution is 2.36. The van der Waals surface area contributed by atoms with E-state index in [1.54, 1.807) is 16.2 Å². The van der Waals surface area contributed by atoms with Crippen LogP contribution in [0, 0.1) is 5.41 Å². The molecule has 0 radical (unpaired) electrons. The summed E-state index contributed by atoms with van der Waals surface area (Å²) in [4.78, 5) is 27.2. The number of piperidine rings is 1. The molecule has 0 unspecified atom stereocenters. The molecule has 5 nitrogen and oxygen atoms in total. The maximum Gasteiger partial charge on any atom is 0.248 e. The van der Waals surface area contributed by atoms with Crippen molar-refractivity contribution in [2.24, 2.45) is 11.1 Å². The van der Waals surface area contributed by atoms with E-state index in [4.69, 9.17) is 10.5 Å². The highest BCUT2D eigenvalue weighted by molar-refractivity contribution is 7.13. The first-order valence-corrected chi connectivity index (χ1v) is 9.61. The summed E-state index contributed by atoms with van der Waals surface area (Å²) in [5, 5.41) is 2.06. The normalized spacial score (nSPS) is 16.4. The SMILES string of the molecule is COCC(=O)N1CCC(Cc2ccc(-c3cccs3)cc2)(C(N)=O)CC1. The fourth-order valence-electron chi connectivity index (χ4n) is 3.53. The monoisotopic (exact) mass is 372 g/mol. The number of methoxy groups -OCH3 is 1. The number of hydrogen-bond acceptors (Lipinski definition) is 4. The molecule has 1 fully saturated rings. The van der Waals surface area contributed by atoms with Gasteiger partial charge in [-0.05, 0) is 41.8 Å². The number of amides is 2. The summed E-state index contributed by atoms with van der Waals surface area (Å²) < 4.78 is 4.91. The number of benzene rings is 1. The van der Waals surface area contributed by atoms with Gasteiger partial charge in [0.1, 0.15) is 6.61 Å². The summed E-state index contributed by atoms with van der Waals surface area (Å²) in [5.41, 5.74) is 7.46. The minimum absolute atomic E-state index is 0.0362. The van der Waals surface area contributed by atoms with Crippen molar-refractivity contribution in [2.45, 2.75) is 19.3 Å². The van der Waals surface area contributed by atoms with E-state index in [1.807, 2.05) is 6.07 Å². The van der Waals surface area contributed by atoms with Crippen LogP contribution < -0.4 is 5.73 Å². The zero-order valence-electron chi connectivity index (χ0n) is 14.9. The van der Waals surface area contributed by atoms with E-state index in [0.717, 1.165) is 5.56 Å². The Balaban J connectivity index is 1.69. The van der Waals surface area contributed by atoms with Gasteiger partial charge < -0.3 is 15.4 Å². The molecule has 2 heterocycles. The zero-order chi connectivity index (χ0) is 18.6. The molecule has 0 saturated carbocycles. The largest absolute Gasteiger partial charge is 0.375 e. The second-order valence-electron chi connectivity index (χ2n) is 6.81. The molecule has 0 aliphatic carbocycles. The average molecular weight is 372 g/mol. The summed E-state index contributed by atoms with van der Waals surface area (Å²) in [5.74, 6) is -0.315. The predicted molar refractivity (Wildman–Crippen MR) is 103 cm³/mol. The zero-order valence-corrected chi connectivity index (χ0v) is 15.8. The number of hydrogen-bond donors (Lipinski definition) is 1. The quantitative estimate of drug-likeness (QED) is 0.847. The maximum atomic E-state index is 12.2. The van der Waals surface area contributed by atoms with Crippen LogP contribution in [0.5, 0.6) is 0 Å². The first-order valence-electron chi connectivity index (χ1n) is 8.73. The smallest absolute Gasteiger partial charge is 0.248 e. The van der Waals surface area contributed by atoms with Crippen molar-refractivity contribution in [3.8, 4) is 10.4 Å². The predicted octanol–water partition coefficient (Wildman–Crippen LogP) is 2.70. The molecule has 1 saturated heterocycles. The van der Waals surface area contributed by atoms with Gasteiger partial charge in [0.25, 0.3) is 0 Å². The third kappa shape index (κ3) is 3.97. The third-order valence-corrected chi connectivity index (χ3v) is 6.08. The molecule has 0 atom stereocenters. The van der Waals surface area contributed by atoms with Crippen molar-refractivity contribution in [3.05, 3.63) is 47.3 Å². The fraction of sp³-hybridized carbons (Fsp3) is 0.400. The van der Waals surface area contributed by atoms with Crippen LogP contribution in [0.3, 0.4) is 0 Å². The van der Waals surface area contributed by atoms with Crippen molar-refractivity contribution < 1.29 is 14.3 Å². The van der Waals surface area contributed by atoms with E-state index in [2.05, 4.69) is 35.7 Å². The number of thiophene rings is 1. The van der Waals surface area contributed by atoms with Crippen molar-refractivity contribution in [2.75, 3.05) is 26.8 Å². The molecular formula is C20H24N2O3S. The van der Waals surface area contributed by atoms with Crippen molar-refractivity contribution in [1.82, 2.24) is 4.90 Å². The van der Waals surface area contributed by atoms with Gasteiger partial charge in [-0.3, -0.25) is 9.59 Å². The van der Waals surface area contributed by atoms with E-state index < -0.39 is 5.41 Å². The van der Waals surface area contributed by atoms with Gasteiger partial charge in [0.2, 0.25) is 11.8 Å². The molecule has 0 bridgehead atoms. The Labute approximate surface area is 157 Å². The Hall–Kier alpha value is -2.18. The second-order valence-corrected chi connectivity index (χ2v) is 7.76. The molecule has 2 N–H and O–H groups in total. The lowest BCUT2D eigenvalue weighted by molar-refractivity contribution is -0.141. The topological polar surface area (TPSA) is 72.6 Å². The molecule has 26 heavy (non-hydrogen) atoms. The van der Waals surface area contributed by atoms with Crippen LogP contribution in [0.25, 0.3) is 10.4 Å². The van der Waals surface area contributed by atoms with Crippen LogP contribution in [-0.4, -0.2) is 43.5 Å². The van der Waals surface area contributed by atoms with E-state index in [-0.39, 0.29) is 18.4 Å². The van der Waals surface area contributed by atoms with Crippen LogP contribution in [-0.2, 0) is 20.7 Å². The number of rotatable bonds is 6. The third-order valence-electron chi connectivity index (χ3n) is 5.17. The summed E-state index contributed by atoms with van der Waals surface area (Å²) in [6.07, 6.45) is 1.79. The molecule has 2 aromatic rings. The molecule has 3 rings (SSSR count). The number of ether oxygens (including phenoxy) is 1. The highest BCUT2D eigenvalue weighted by Gasteiger charge is 2.40. The summed E-state index contributed by atoms with van der Waals surface area (Å²) in [6, 6.07) is 12.5. The first kappa shape index (κ1) is 18.6. The number of primary amides is 1. The highest BCUT2D eigenvalue weighted by atomic mass is 32.1. The van der Waals surface area contributed by atoms with Gasteiger partial charge in [-0.1, -0.05) is 30.3 Å². The van der Waals surface area contributed by atoms with E-state index >= 15 is 0 Å². The standard InChI is InChI=1S/C20H24N2O3S/c1-25-14-18(23)22-10-8-20(9-11-22,19(21)24)13-15-4-6-16(7-5-15)17-3-2-12-26-17/h2-7,12H,8-11,13-14H2,1H3,(H2,21,24). The molecular weight excluding hydrogens is 348 g/mol. The summed E-state index contributed by atoms with van der Waals surface area (Å²) in [7, 11) is 1.51. The molecule has 2 amide bonds. The molecule has 1 aliphatic heterocycles. The number of likely N-dealkylation sites (tertiary alicyclic amines) is 1. The molecule has 6 heteroatoms. The minimum atomic E-state index is -0.589. The summed E-state index contributed by atoms with van der Waals surface area (Å²) >= 11 is 1.71. The van der Waals surface area contributed by atoms with Crippen LogP contribution >= 0.6 is 11.3 Å². The van der Waals surface area contributed by atoms with Gasteiger partial charge >= 0.3 is 0 Å². The van der Waals surface area contributed by atoms with Crippen molar-refractivity contribution in [3.63, 3.8) is 0 Å². The van der Waals surface area contributed by atoms with E-state index in [1.165, 1.54) is 17.6 Å². The van der Waals surface area contributed by atoms with Gasteiger partial charge in [0, 0.05) is 25.1 Å². The summed E-state index contributed by atoms with van der Waals surface area (Å²) in [6.45, 7) is 1.16. The number of carbonyl (C=O) groups excluding carboxylic acids is 2. The van der Waals surface area contributed by atoms with Crippen LogP contribution in [0.1, 0.15) is 18.4 Å². The molecule has 0 spiro atoms. The van der Waals surface area contributed by atoms with Gasteiger partial charge in [-0.2, -0.15) is 0 Å². The van der Waals surface area contributed by atoms with Gasteiger partial charge in [-0.15, -0.1) is 11.3 Å². The lowest BCUT2D eigenvalue weighted by atomic mass is 9.73. The van der Waals surface area contributed by atoms with Crippen LogP contribution in [0.2, 0.25) is 0 Å². The van der Waals surface area contributed by atoms with Gasteiger partial charge in [0.05, 0.1) is 5.41 Å². The Bertz CT molecular complexity index is 748. The van der Waals surface area contributed by atoms with Crippen molar-refractivity contribution in [1.29, 1.82) is 0 Å². The molecule has 1 aromatic carbocycles. The lowest BCUT2D eigenvalue weighted by Gasteiger charge is -2.39.